The Morgan fingerprint density at radius 1 is 1.19 bits per heavy atom. The minimum atomic E-state index is -3.70. The standard InChI is InChI=1S/C19H20ClN3O3S/c1-14(15-4-8-17(20)9-5-15)23(2)19(24)16-6-10-18(11-7-16)27(25,26)22-13-3-12-21/h4-11,14,22H,3,13H2,1-2H3. The lowest BCUT2D eigenvalue weighted by Crippen LogP contribution is -2.29. The van der Waals surface area contributed by atoms with E-state index < -0.39 is 10.0 Å². The number of nitrogens with zero attached hydrogens (tertiary/aromatic N) is 2. The number of hydrogen-bond acceptors (Lipinski definition) is 4. The maximum atomic E-state index is 12.7. The first kappa shape index (κ1) is 20.9. The third-order valence-corrected chi connectivity index (χ3v) is 5.92. The van der Waals surface area contributed by atoms with Crippen LogP contribution < -0.4 is 4.72 Å². The summed E-state index contributed by atoms with van der Waals surface area (Å²) in [6.07, 6.45) is 0.0865. The lowest BCUT2D eigenvalue weighted by atomic mass is 10.1. The number of carbonyl (C=O) groups is 1. The topological polar surface area (TPSA) is 90.3 Å². The summed E-state index contributed by atoms with van der Waals surface area (Å²) in [4.78, 5) is 14.3. The van der Waals surface area contributed by atoms with Crippen molar-refractivity contribution in [1.82, 2.24) is 9.62 Å². The van der Waals surface area contributed by atoms with E-state index in [-0.39, 0.29) is 29.8 Å². The van der Waals surface area contributed by atoms with Gasteiger partial charge < -0.3 is 4.90 Å². The van der Waals surface area contributed by atoms with Crippen LogP contribution in [0.1, 0.15) is 35.3 Å². The number of sulfonamides is 1. The molecule has 0 fully saturated rings. The van der Waals surface area contributed by atoms with Crippen LogP contribution in [-0.4, -0.2) is 32.8 Å². The molecule has 27 heavy (non-hydrogen) atoms. The molecule has 0 aliphatic heterocycles. The van der Waals surface area contributed by atoms with Gasteiger partial charge in [0, 0.05) is 30.6 Å². The van der Waals surface area contributed by atoms with Crippen molar-refractivity contribution in [3.8, 4) is 6.07 Å². The van der Waals surface area contributed by atoms with Crippen molar-refractivity contribution in [2.45, 2.75) is 24.3 Å². The van der Waals surface area contributed by atoms with Gasteiger partial charge in [-0.2, -0.15) is 5.26 Å². The molecule has 0 heterocycles. The van der Waals surface area contributed by atoms with Gasteiger partial charge in [0.25, 0.3) is 5.91 Å². The third-order valence-electron chi connectivity index (χ3n) is 4.19. The third kappa shape index (κ3) is 5.30. The number of rotatable bonds is 7. The molecule has 6 nitrogen and oxygen atoms in total. The summed E-state index contributed by atoms with van der Waals surface area (Å²) in [5.74, 6) is -0.223. The first-order valence-corrected chi connectivity index (χ1v) is 10.1. The molecule has 0 saturated carbocycles. The molecule has 0 bridgehead atoms. The zero-order valence-corrected chi connectivity index (χ0v) is 16.6. The Balaban J connectivity index is 2.12. The molecule has 0 radical (unpaired) electrons. The zero-order chi connectivity index (χ0) is 20.0. The molecule has 0 aliphatic carbocycles. The minimum absolute atomic E-state index is 0.0425. The molecule has 1 N–H and O–H groups in total. The molecule has 0 aromatic heterocycles. The quantitative estimate of drug-likeness (QED) is 0.715. The predicted octanol–water partition coefficient (Wildman–Crippen LogP) is 3.37. The van der Waals surface area contributed by atoms with Gasteiger partial charge in [0.1, 0.15) is 0 Å². The van der Waals surface area contributed by atoms with Crippen molar-refractivity contribution in [3.63, 3.8) is 0 Å². The number of hydrogen-bond donors (Lipinski definition) is 1. The molecule has 8 heteroatoms. The minimum Gasteiger partial charge on any atom is -0.335 e. The maximum absolute atomic E-state index is 12.7. The molecule has 142 valence electrons. The van der Waals surface area contributed by atoms with Gasteiger partial charge in [0.15, 0.2) is 0 Å². The lowest BCUT2D eigenvalue weighted by molar-refractivity contribution is 0.0742. The van der Waals surface area contributed by atoms with Gasteiger partial charge in [-0.25, -0.2) is 13.1 Å². The Hall–Kier alpha value is -2.40. The average Bonchev–Trinajstić information content (AvgIpc) is 2.67. The average molecular weight is 406 g/mol. The van der Waals surface area contributed by atoms with Crippen LogP contribution in [0, 0.1) is 11.3 Å². The maximum Gasteiger partial charge on any atom is 0.254 e. The van der Waals surface area contributed by atoms with Gasteiger partial charge in [-0.1, -0.05) is 23.7 Å². The van der Waals surface area contributed by atoms with Crippen LogP contribution >= 0.6 is 11.6 Å². The Bertz CT molecular complexity index is 936. The summed E-state index contributed by atoms with van der Waals surface area (Å²) in [5.41, 5.74) is 1.32. The van der Waals surface area contributed by atoms with E-state index in [0.29, 0.717) is 10.6 Å². The van der Waals surface area contributed by atoms with Gasteiger partial charge in [-0.05, 0) is 48.9 Å². The second-order valence-corrected chi connectivity index (χ2v) is 8.18. The number of nitrogens with one attached hydrogen (secondary N) is 1. The van der Waals surface area contributed by atoms with E-state index in [9.17, 15) is 13.2 Å². The SMILES string of the molecule is CC(c1ccc(Cl)cc1)N(C)C(=O)c1ccc(S(=O)(=O)NCCC#N)cc1. The zero-order valence-electron chi connectivity index (χ0n) is 15.0. The van der Waals surface area contributed by atoms with Crippen LogP contribution in [0.15, 0.2) is 53.4 Å². The number of benzene rings is 2. The number of amides is 1. The number of nitriles is 1. The summed E-state index contributed by atoms with van der Waals surface area (Å²) < 4.78 is 26.6. The molecule has 1 amide bonds. The van der Waals surface area contributed by atoms with Crippen molar-refractivity contribution in [2.75, 3.05) is 13.6 Å². The second kappa shape index (κ2) is 9.00. The van der Waals surface area contributed by atoms with E-state index in [1.54, 1.807) is 24.1 Å². The molecule has 2 rings (SSSR count). The molecule has 1 unspecified atom stereocenters. The predicted molar refractivity (Wildman–Crippen MR) is 104 cm³/mol. The molecule has 0 saturated heterocycles. The van der Waals surface area contributed by atoms with Gasteiger partial charge >= 0.3 is 0 Å². The van der Waals surface area contributed by atoms with E-state index in [4.69, 9.17) is 16.9 Å². The Morgan fingerprint density at radius 2 is 1.78 bits per heavy atom. The Labute approximate surface area is 164 Å². The monoisotopic (exact) mass is 405 g/mol. The Kier molecular flexibility index (Phi) is 6.97. The molecule has 0 aliphatic rings. The molecule has 2 aromatic carbocycles. The molecule has 1 atom stereocenters. The molecular weight excluding hydrogens is 386 g/mol. The molecule has 0 spiro atoms. The second-order valence-electron chi connectivity index (χ2n) is 5.97. The summed E-state index contributed by atoms with van der Waals surface area (Å²) >= 11 is 5.90. The first-order chi connectivity index (χ1) is 12.8. The fourth-order valence-corrected chi connectivity index (χ4v) is 3.60. The van der Waals surface area contributed by atoms with Crippen LogP contribution in [0.25, 0.3) is 0 Å². The van der Waals surface area contributed by atoms with Crippen molar-refractivity contribution >= 4 is 27.5 Å². The van der Waals surface area contributed by atoms with Crippen molar-refractivity contribution < 1.29 is 13.2 Å². The normalized spacial score (nSPS) is 12.2. The van der Waals surface area contributed by atoms with Crippen molar-refractivity contribution in [1.29, 1.82) is 5.26 Å². The van der Waals surface area contributed by atoms with Gasteiger partial charge in [-0.3, -0.25) is 4.79 Å². The Morgan fingerprint density at radius 3 is 2.33 bits per heavy atom. The van der Waals surface area contributed by atoms with Crippen LogP contribution in [0.3, 0.4) is 0 Å². The van der Waals surface area contributed by atoms with Crippen LogP contribution in [-0.2, 0) is 10.0 Å². The fraction of sp³-hybridized carbons (Fsp3) is 0.263. The highest BCUT2D eigenvalue weighted by molar-refractivity contribution is 7.89. The highest BCUT2D eigenvalue weighted by Gasteiger charge is 2.20. The van der Waals surface area contributed by atoms with Crippen LogP contribution in [0.2, 0.25) is 5.02 Å². The van der Waals surface area contributed by atoms with E-state index >= 15 is 0 Å². The number of carbonyl (C=O) groups excluding carboxylic acids is 1. The van der Waals surface area contributed by atoms with Gasteiger partial charge in [-0.15, -0.1) is 0 Å². The van der Waals surface area contributed by atoms with Crippen molar-refractivity contribution in [2.24, 2.45) is 0 Å². The van der Waals surface area contributed by atoms with Crippen LogP contribution in [0.5, 0.6) is 0 Å². The highest BCUT2D eigenvalue weighted by atomic mass is 35.5. The van der Waals surface area contributed by atoms with E-state index in [0.717, 1.165) is 5.56 Å². The van der Waals surface area contributed by atoms with Crippen molar-refractivity contribution in [3.05, 3.63) is 64.7 Å². The van der Waals surface area contributed by atoms with Gasteiger partial charge in [0.2, 0.25) is 10.0 Å². The summed E-state index contributed by atoms with van der Waals surface area (Å²) in [6.45, 7) is 1.94. The summed E-state index contributed by atoms with van der Waals surface area (Å²) in [6, 6.07) is 14.7. The largest absolute Gasteiger partial charge is 0.335 e. The first-order valence-electron chi connectivity index (χ1n) is 8.25. The number of halogens is 1. The van der Waals surface area contributed by atoms with E-state index in [1.165, 1.54) is 24.3 Å². The highest BCUT2D eigenvalue weighted by Crippen LogP contribution is 2.23. The smallest absolute Gasteiger partial charge is 0.254 e. The molecular formula is C19H20ClN3O3S. The van der Waals surface area contributed by atoms with Gasteiger partial charge in [0.05, 0.1) is 17.0 Å². The summed E-state index contributed by atoms with van der Waals surface area (Å²) in [5, 5.41) is 9.12. The fourth-order valence-electron chi connectivity index (χ4n) is 2.45. The molecule has 2 aromatic rings. The van der Waals surface area contributed by atoms with E-state index in [1.807, 2.05) is 25.1 Å². The van der Waals surface area contributed by atoms with E-state index in [2.05, 4.69) is 4.72 Å². The summed E-state index contributed by atoms with van der Waals surface area (Å²) in [7, 11) is -2.01. The lowest BCUT2D eigenvalue weighted by Gasteiger charge is -2.25. The van der Waals surface area contributed by atoms with Crippen LogP contribution in [0.4, 0.5) is 0 Å².